The second-order valence-electron chi connectivity index (χ2n) is 8.79. The molecule has 0 spiro atoms. The van der Waals surface area contributed by atoms with Crippen molar-refractivity contribution in [2.24, 2.45) is 0 Å². The van der Waals surface area contributed by atoms with Crippen molar-refractivity contribution < 1.29 is 28.0 Å². The fourth-order valence-corrected chi connectivity index (χ4v) is 5.60. The molecule has 4 rings (SSSR count). The number of carbonyl (C=O) groups excluding carboxylic acids is 1. The molecule has 1 aliphatic heterocycles. The number of anilines is 1. The van der Waals surface area contributed by atoms with Crippen LogP contribution in [0.2, 0.25) is 0 Å². The van der Waals surface area contributed by atoms with E-state index in [4.69, 9.17) is 4.84 Å². The minimum absolute atomic E-state index is 0.0244. The molecule has 12 nitrogen and oxygen atoms in total. The van der Waals surface area contributed by atoms with E-state index in [2.05, 4.69) is 30.8 Å². The van der Waals surface area contributed by atoms with Crippen molar-refractivity contribution in [3.8, 4) is 0 Å². The summed E-state index contributed by atoms with van der Waals surface area (Å²) in [6.45, 7) is 0.336. The van der Waals surface area contributed by atoms with Crippen LogP contribution in [0.15, 0.2) is 59.8 Å². The number of fused-ring (bicyclic) bond motifs is 1. The molecule has 3 atom stereocenters. The van der Waals surface area contributed by atoms with E-state index in [0.717, 1.165) is 19.4 Å². The summed E-state index contributed by atoms with van der Waals surface area (Å²) >= 11 is 0. The Labute approximate surface area is 214 Å². The number of nitrogens with one attached hydrogen (secondary N) is 5. The Morgan fingerprint density at radius 2 is 2.00 bits per heavy atom. The number of carbonyl (C=O) groups is 2. The van der Waals surface area contributed by atoms with Gasteiger partial charge >= 0.3 is 5.97 Å². The number of carboxylic acids is 1. The predicted molar refractivity (Wildman–Crippen MR) is 136 cm³/mol. The third-order valence-corrected chi connectivity index (χ3v) is 7.55. The second kappa shape index (κ2) is 12.1. The highest BCUT2D eigenvalue weighted by molar-refractivity contribution is 7.89. The van der Waals surface area contributed by atoms with Crippen LogP contribution in [-0.4, -0.2) is 66.6 Å². The number of H-pyrrole nitrogens is 1. The Morgan fingerprint density at radius 3 is 2.78 bits per heavy atom. The minimum Gasteiger partial charge on any atom is -0.480 e. The molecule has 1 saturated heterocycles. The molecule has 1 aliphatic rings. The molecule has 37 heavy (non-hydrogen) atoms. The van der Waals surface area contributed by atoms with Crippen LogP contribution in [0.4, 0.5) is 5.95 Å². The third kappa shape index (κ3) is 7.26. The van der Waals surface area contributed by atoms with Gasteiger partial charge in [-0.2, -0.15) is 10.2 Å². The van der Waals surface area contributed by atoms with E-state index in [-0.39, 0.29) is 23.5 Å². The van der Waals surface area contributed by atoms with E-state index >= 15 is 0 Å². The second-order valence-corrected chi connectivity index (χ2v) is 10.5. The van der Waals surface area contributed by atoms with Crippen molar-refractivity contribution in [3.63, 3.8) is 0 Å². The van der Waals surface area contributed by atoms with Gasteiger partial charge in [0.2, 0.25) is 15.9 Å². The molecular formula is C24H30N6O6S. The lowest BCUT2D eigenvalue weighted by atomic mass is 10.0. The Kier molecular flexibility index (Phi) is 8.71. The molecule has 1 aromatic heterocycles. The monoisotopic (exact) mass is 530 g/mol. The normalized spacial score (nSPS) is 18.5. The van der Waals surface area contributed by atoms with Crippen LogP contribution in [0, 0.1) is 0 Å². The third-order valence-electron chi connectivity index (χ3n) is 6.02. The maximum Gasteiger partial charge on any atom is 0.323 e. The molecule has 3 unspecified atom stereocenters. The lowest BCUT2D eigenvalue weighted by Crippen LogP contribution is -2.48. The Bertz CT molecular complexity index is 1310. The molecule has 0 saturated carbocycles. The van der Waals surface area contributed by atoms with Gasteiger partial charge in [0.15, 0.2) is 5.95 Å². The molecule has 0 aliphatic carbocycles. The van der Waals surface area contributed by atoms with Crippen molar-refractivity contribution in [1.29, 1.82) is 0 Å². The van der Waals surface area contributed by atoms with Crippen molar-refractivity contribution in [2.45, 2.75) is 48.8 Å². The molecule has 1 amide bonds. The maximum absolute atomic E-state index is 13.0. The fourth-order valence-electron chi connectivity index (χ4n) is 4.18. The number of amides is 1. The summed E-state index contributed by atoms with van der Waals surface area (Å²) in [6, 6.07) is 10.2. The number of sulfonamides is 1. The van der Waals surface area contributed by atoms with Crippen LogP contribution < -0.4 is 20.8 Å². The zero-order valence-electron chi connectivity index (χ0n) is 20.0. The number of hydrogen-bond donors (Lipinski definition) is 6. The molecular weight excluding hydrogens is 500 g/mol. The molecule has 2 aromatic carbocycles. The van der Waals surface area contributed by atoms with Crippen LogP contribution in [-0.2, 0) is 24.4 Å². The zero-order chi connectivity index (χ0) is 26.3. The first-order chi connectivity index (χ1) is 17.8. The number of rotatable bonds is 13. The van der Waals surface area contributed by atoms with Crippen LogP contribution >= 0.6 is 0 Å². The average molecular weight is 531 g/mol. The van der Waals surface area contributed by atoms with Crippen molar-refractivity contribution in [1.82, 2.24) is 25.5 Å². The topological polar surface area (TPSA) is 175 Å². The lowest BCUT2D eigenvalue weighted by molar-refractivity contribution is -0.139. The number of carboxylic acid groups (broad SMARTS) is 1. The largest absolute Gasteiger partial charge is 0.480 e. The van der Waals surface area contributed by atoms with Crippen molar-refractivity contribution in [2.75, 3.05) is 18.4 Å². The summed E-state index contributed by atoms with van der Waals surface area (Å²) in [6.07, 6.45) is 5.41. The summed E-state index contributed by atoms with van der Waals surface area (Å²) in [5, 5.41) is 16.4. The van der Waals surface area contributed by atoms with Gasteiger partial charge in [-0.1, -0.05) is 36.4 Å². The summed E-state index contributed by atoms with van der Waals surface area (Å²) in [5.41, 5.74) is 2.94. The van der Waals surface area contributed by atoms with E-state index < -0.39 is 34.5 Å². The number of benzene rings is 2. The number of imidazole rings is 1. The summed E-state index contributed by atoms with van der Waals surface area (Å²) in [5.74, 6) is -1.11. The van der Waals surface area contributed by atoms with Crippen LogP contribution in [0.3, 0.4) is 0 Å². The first-order valence-corrected chi connectivity index (χ1v) is 13.4. The highest BCUT2D eigenvalue weighted by Gasteiger charge is 2.29. The number of hydroxylamine groups is 1. The number of aromatic amines is 1. The predicted octanol–water partition coefficient (Wildman–Crippen LogP) is 1.36. The van der Waals surface area contributed by atoms with Crippen molar-refractivity contribution >= 4 is 38.6 Å². The van der Waals surface area contributed by atoms with Gasteiger partial charge in [0.25, 0.3) is 0 Å². The number of aliphatic carboxylic acids is 1. The molecule has 198 valence electrons. The van der Waals surface area contributed by atoms with Gasteiger partial charge in [-0.15, -0.1) is 0 Å². The lowest BCUT2D eigenvalue weighted by Gasteiger charge is -2.17. The smallest absolute Gasteiger partial charge is 0.323 e. The standard InChI is InChI=1S/C24H30N6O6S/c31-22(14-18-13-17(29-36-18)7-4-10-25-24-26-11-12-27-24)28-15-20(23(32)33)30-37(34,35)21-9-3-6-16-5-1-2-8-19(16)21/h1-3,5-6,8-9,11-12,17-18,20,29-30H,4,7,10,13-15H2,(H,28,31)(H,32,33)(H2,25,26,27). The molecule has 6 N–H and O–H groups in total. The molecule has 2 heterocycles. The first-order valence-electron chi connectivity index (χ1n) is 12.0. The molecule has 3 aromatic rings. The van der Waals surface area contributed by atoms with E-state index in [9.17, 15) is 23.1 Å². The van der Waals surface area contributed by atoms with Crippen molar-refractivity contribution in [3.05, 3.63) is 54.9 Å². The fraction of sp³-hybridized carbons (Fsp3) is 0.375. The van der Waals surface area contributed by atoms with Gasteiger partial charge in [-0.05, 0) is 30.7 Å². The SMILES string of the molecule is O=C(CC1CC(CCCNc2ncc[nH]2)NO1)NCC(NS(=O)(=O)c1cccc2ccccc12)C(=O)O. The van der Waals surface area contributed by atoms with Gasteiger partial charge in [0.05, 0.1) is 17.4 Å². The summed E-state index contributed by atoms with van der Waals surface area (Å²) in [4.78, 5) is 36.7. The van der Waals surface area contributed by atoms with Crippen LogP contribution in [0.25, 0.3) is 10.8 Å². The van der Waals surface area contributed by atoms with Crippen LogP contribution in [0.5, 0.6) is 0 Å². The number of hydrogen-bond acceptors (Lipinski definition) is 8. The Hall–Kier alpha value is -3.52. The highest BCUT2D eigenvalue weighted by atomic mass is 32.2. The Morgan fingerprint density at radius 1 is 1.19 bits per heavy atom. The summed E-state index contributed by atoms with van der Waals surface area (Å²) < 4.78 is 28.1. The van der Waals surface area contributed by atoms with E-state index in [0.29, 0.717) is 23.1 Å². The van der Waals surface area contributed by atoms with Gasteiger partial charge in [-0.25, -0.2) is 13.4 Å². The molecule has 0 radical (unpaired) electrons. The molecule has 13 heteroatoms. The van der Waals surface area contributed by atoms with E-state index in [1.54, 1.807) is 48.8 Å². The zero-order valence-corrected chi connectivity index (χ0v) is 20.8. The Balaban J connectivity index is 1.23. The van der Waals surface area contributed by atoms with Gasteiger partial charge < -0.3 is 20.7 Å². The maximum atomic E-state index is 13.0. The van der Waals surface area contributed by atoms with E-state index in [1.807, 2.05) is 0 Å². The molecule has 1 fully saturated rings. The first kappa shape index (κ1) is 26.5. The number of aromatic nitrogens is 2. The van der Waals surface area contributed by atoms with Gasteiger partial charge in [0, 0.05) is 36.9 Å². The minimum atomic E-state index is -4.16. The molecule has 0 bridgehead atoms. The highest BCUT2D eigenvalue weighted by Crippen LogP contribution is 2.23. The van der Waals surface area contributed by atoms with Gasteiger partial charge in [0.1, 0.15) is 6.04 Å². The summed E-state index contributed by atoms with van der Waals surface area (Å²) in [7, 11) is -4.16. The van der Waals surface area contributed by atoms with E-state index in [1.165, 1.54) is 6.07 Å². The van der Waals surface area contributed by atoms with Crippen LogP contribution in [0.1, 0.15) is 25.7 Å². The quantitative estimate of drug-likeness (QED) is 0.178. The average Bonchev–Trinajstić information content (AvgIpc) is 3.56. The number of nitrogens with zero attached hydrogens (tertiary/aromatic N) is 1. The van der Waals surface area contributed by atoms with Gasteiger partial charge in [-0.3, -0.25) is 14.4 Å².